The molecule has 2 aromatic carbocycles. The van der Waals surface area contributed by atoms with E-state index in [0.717, 1.165) is 61.9 Å². The van der Waals surface area contributed by atoms with Gasteiger partial charge in [0, 0.05) is 38.9 Å². The number of rotatable bonds is 11. The fourth-order valence-corrected chi connectivity index (χ4v) is 3.30. The Balaban J connectivity index is 0.00000341. The van der Waals surface area contributed by atoms with Gasteiger partial charge in [0.25, 0.3) is 0 Å². The summed E-state index contributed by atoms with van der Waals surface area (Å²) in [5.41, 5.74) is 2.25. The van der Waals surface area contributed by atoms with Crippen molar-refractivity contribution in [1.82, 2.24) is 10.6 Å². The minimum absolute atomic E-state index is 0. The van der Waals surface area contributed by atoms with Crippen molar-refractivity contribution in [2.45, 2.75) is 38.5 Å². The first-order valence-corrected chi connectivity index (χ1v) is 10.7. The van der Waals surface area contributed by atoms with E-state index in [0.29, 0.717) is 19.8 Å². The van der Waals surface area contributed by atoms with Crippen molar-refractivity contribution in [2.24, 2.45) is 4.99 Å². The number of nitrogens with one attached hydrogen (secondary N) is 2. The molecule has 31 heavy (non-hydrogen) atoms. The second-order valence-corrected chi connectivity index (χ2v) is 7.30. The van der Waals surface area contributed by atoms with Crippen LogP contribution in [0.3, 0.4) is 0 Å². The molecule has 0 aliphatic carbocycles. The lowest BCUT2D eigenvalue weighted by Crippen LogP contribution is -2.37. The van der Waals surface area contributed by atoms with Crippen LogP contribution in [0.1, 0.15) is 30.4 Å². The minimum Gasteiger partial charge on any atom is -0.489 e. The second-order valence-electron chi connectivity index (χ2n) is 7.30. The fourth-order valence-electron chi connectivity index (χ4n) is 3.30. The maximum absolute atomic E-state index is 6.03. The SMILES string of the molecule is CN=C(NCCCOCC1CCCO1)NCc1ccccc1OCc1ccccc1.I. The Bertz CT molecular complexity index is 768. The zero-order valence-corrected chi connectivity index (χ0v) is 20.5. The van der Waals surface area contributed by atoms with Crippen LogP contribution in [0.5, 0.6) is 5.75 Å². The molecule has 1 atom stereocenters. The summed E-state index contributed by atoms with van der Waals surface area (Å²) >= 11 is 0. The maximum atomic E-state index is 6.03. The Kier molecular flexibility index (Phi) is 12.3. The number of aliphatic imine (C=N–C) groups is 1. The van der Waals surface area contributed by atoms with Gasteiger partial charge in [-0.2, -0.15) is 0 Å². The number of ether oxygens (including phenoxy) is 3. The molecule has 0 aromatic heterocycles. The Morgan fingerprint density at radius 1 is 1.10 bits per heavy atom. The number of hydrogen-bond donors (Lipinski definition) is 2. The molecule has 3 rings (SSSR count). The predicted molar refractivity (Wildman–Crippen MR) is 135 cm³/mol. The van der Waals surface area contributed by atoms with E-state index < -0.39 is 0 Å². The Morgan fingerprint density at radius 3 is 2.68 bits per heavy atom. The van der Waals surface area contributed by atoms with Gasteiger partial charge in [0.05, 0.1) is 12.7 Å². The molecule has 1 fully saturated rings. The number of nitrogens with zero attached hydrogens (tertiary/aromatic N) is 1. The number of halogens is 1. The van der Waals surface area contributed by atoms with Crippen molar-refractivity contribution in [3.05, 3.63) is 65.7 Å². The first-order valence-electron chi connectivity index (χ1n) is 10.7. The Morgan fingerprint density at radius 2 is 1.90 bits per heavy atom. The average Bonchev–Trinajstić information content (AvgIpc) is 3.31. The molecule has 2 N–H and O–H groups in total. The molecule has 1 saturated heterocycles. The lowest BCUT2D eigenvalue weighted by molar-refractivity contribution is 0.0168. The van der Waals surface area contributed by atoms with Crippen LogP contribution >= 0.6 is 24.0 Å². The standard InChI is InChI=1S/C24H33N3O3.HI/c1-25-24(26-14-8-15-28-19-22-12-7-16-29-22)27-17-21-11-5-6-13-23(21)30-18-20-9-3-2-4-10-20;/h2-6,9-11,13,22H,7-8,12,14-19H2,1H3,(H2,25,26,27);1H. The van der Waals surface area contributed by atoms with E-state index in [1.54, 1.807) is 7.05 Å². The van der Waals surface area contributed by atoms with E-state index in [9.17, 15) is 0 Å². The second kappa shape index (κ2) is 15.0. The first-order chi connectivity index (χ1) is 14.8. The van der Waals surface area contributed by atoms with Gasteiger partial charge in [0.2, 0.25) is 0 Å². The normalized spacial score (nSPS) is 15.9. The largest absolute Gasteiger partial charge is 0.489 e. The highest BCUT2D eigenvalue weighted by molar-refractivity contribution is 14.0. The van der Waals surface area contributed by atoms with Gasteiger partial charge in [-0.25, -0.2) is 0 Å². The van der Waals surface area contributed by atoms with Gasteiger partial charge in [-0.05, 0) is 30.9 Å². The monoisotopic (exact) mass is 539 g/mol. The van der Waals surface area contributed by atoms with Crippen LogP contribution in [0.25, 0.3) is 0 Å². The molecule has 1 heterocycles. The van der Waals surface area contributed by atoms with Crippen molar-refractivity contribution in [2.75, 3.05) is 33.4 Å². The van der Waals surface area contributed by atoms with Crippen LogP contribution < -0.4 is 15.4 Å². The molecule has 1 aliphatic rings. The van der Waals surface area contributed by atoms with E-state index >= 15 is 0 Å². The highest BCUT2D eigenvalue weighted by atomic mass is 127. The molecule has 0 bridgehead atoms. The van der Waals surface area contributed by atoms with Crippen LogP contribution in [-0.4, -0.2) is 45.5 Å². The molecule has 0 spiro atoms. The van der Waals surface area contributed by atoms with E-state index in [1.165, 1.54) is 0 Å². The molecule has 170 valence electrons. The smallest absolute Gasteiger partial charge is 0.191 e. The predicted octanol–water partition coefficient (Wildman–Crippen LogP) is 4.13. The Labute approximate surface area is 202 Å². The summed E-state index contributed by atoms with van der Waals surface area (Å²) in [4.78, 5) is 4.30. The molecule has 0 amide bonds. The summed E-state index contributed by atoms with van der Waals surface area (Å²) in [5.74, 6) is 1.65. The van der Waals surface area contributed by atoms with E-state index in [4.69, 9.17) is 14.2 Å². The first kappa shape index (κ1) is 25.4. The number of guanidine groups is 1. The van der Waals surface area contributed by atoms with Crippen molar-refractivity contribution in [1.29, 1.82) is 0 Å². The summed E-state index contributed by atoms with van der Waals surface area (Å²) in [6.07, 6.45) is 3.48. The highest BCUT2D eigenvalue weighted by Crippen LogP contribution is 2.19. The molecular weight excluding hydrogens is 505 g/mol. The van der Waals surface area contributed by atoms with Gasteiger partial charge in [-0.3, -0.25) is 4.99 Å². The van der Waals surface area contributed by atoms with Crippen LogP contribution in [0, 0.1) is 0 Å². The number of benzene rings is 2. The summed E-state index contributed by atoms with van der Waals surface area (Å²) in [5, 5.41) is 6.69. The third-order valence-corrected chi connectivity index (χ3v) is 4.97. The summed E-state index contributed by atoms with van der Waals surface area (Å²) < 4.78 is 17.3. The van der Waals surface area contributed by atoms with Gasteiger partial charge < -0.3 is 24.8 Å². The molecule has 7 heteroatoms. The van der Waals surface area contributed by atoms with Gasteiger partial charge in [-0.1, -0.05) is 48.5 Å². The van der Waals surface area contributed by atoms with Crippen LogP contribution in [-0.2, 0) is 22.6 Å². The molecule has 6 nitrogen and oxygen atoms in total. The van der Waals surface area contributed by atoms with Crippen LogP contribution in [0.4, 0.5) is 0 Å². The van der Waals surface area contributed by atoms with Crippen LogP contribution in [0.2, 0.25) is 0 Å². The van der Waals surface area contributed by atoms with E-state index in [-0.39, 0.29) is 30.1 Å². The van der Waals surface area contributed by atoms with Gasteiger partial charge >= 0.3 is 0 Å². The number of hydrogen-bond acceptors (Lipinski definition) is 4. The molecule has 0 saturated carbocycles. The third-order valence-electron chi connectivity index (χ3n) is 4.97. The van der Waals surface area contributed by atoms with Crippen molar-refractivity contribution < 1.29 is 14.2 Å². The topological polar surface area (TPSA) is 64.1 Å². The van der Waals surface area contributed by atoms with Crippen molar-refractivity contribution >= 4 is 29.9 Å². The lowest BCUT2D eigenvalue weighted by atomic mass is 10.2. The van der Waals surface area contributed by atoms with Crippen molar-refractivity contribution in [3.63, 3.8) is 0 Å². The number of para-hydroxylation sites is 1. The Hall–Kier alpha value is -1.84. The molecule has 0 radical (unpaired) electrons. The van der Waals surface area contributed by atoms with Crippen molar-refractivity contribution in [3.8, 4) is 5.75 Å². The molecule has 1 unspecified atom stereocenters. The third kappa shape index (κ3) is 9.45. The quantitative estimate of drug-likeness (QED) is 0.195. The highest BCUT2D eigenvalue weighted by Gasteiger charge is 2.14. The minimum atomic E-state index is 0. The zero-order valence-electron chi connectivity index (χ0n) is 18.2. The average molecular weight is 539 g/mol. The molecule has 1 aliphatic heterocycles. The lowest BCUT2D eigenvalue weighted by Gasteiger charge is -2.15. The van der Waals surface area contributed by atoms with Gasteiger partial charge in [0.15, 0.2) is 5.96 Å². The summed E-state index contributed by atoms with van der Waals surface area (Å²) in [6, 6.07) is 18.3. The van der Waals surface area contributed by atoms with Gasteiger partial charge in [0.1, 0.15) is 12.4 Å². The van der Waals surface area contributed by atoms with Gasteiger partial charge in [-0.15, -0.1) is 24.0 Å². The van der Waals surface area contributed by atoms with E-state index in [2.05, 4.69) is 33.8 Å². The summed E-state index contributed by atoms with van der Waals surface area (Å²) in [6.45, 7) is 4.29. The summed E-state index contributed by atoms with van der Waals surface area (Å²) in [7, 11) is 1.78. The van der Waals surface area contributed by atoms with E-state index in [1.807, 2.05) is 36.4 Å². The fraction of sp³-hybridized carbons (Fsp3) is 0.458. The zero-order chi connectivity index (χ0) is 20.9. The van der Waals surface area contributed by atoms with Crippen LogP contribution in [0.15, 0.2) is 59.6 Å². The maximum Gasteiger partial charge on any atom is 0.191 e. The molecular formula is C24H34IN3O3. The molecule has 2 aromatic rings.